The third-order valence-electron chi connectivity index (χ3n) is 11.3. The molecule has 58 heavy (non-hydrogen) atoms. The van der Waals surface area contributed by atoms with Gasteiger partial charge < -0.3 is 0 Å². The van der Waals surface area contributed by atoms with E-state index in [1.54, 1.807) is 0 Å². The number of fused-ring (bicyclic) bond motifs is 5. The number of rotatable bonds is 7. The van der Waals surface area contributed by atoms with E-state index in [0.717, 1.165) is 61.5 Å². The molecule has 11 rings (SSSR count). The molecule has 0 N–H and O–H groups in total. The smallest absolute Gasteiger partial charge is 0.164 e. The molecule has 0 spiro atoms. The molecule has 8 aromatic carbocycles. The van der Waals surface area contributed by atoms with E-state index < -0.39 is 5.41 Å². The molecule has 0 radical (unpaired) electrons. The summed E-state index contributed by atoms with van der Waals surface area (Å²) in [5, 5.41) is 0. The molecule has 0 saturated heterocycles. The molecule has 0 unspecified atom stereocenters. The van der Waals surface area contributed by atoms with Crippen molar-refractivity contribution in [1.82, 2.24) is 24.5 Å². The summed E-state index contributed by atoms with van der Waals surface area (Å²) in [7, 11) is 0. The van der Waals surface area contributed by atoms with Crippen LogP contribution < -0.4 is 0 Å². The van der Waals surface area contributed by atoms with Crippen molar-refractivity contribution in [2.45, 2.75) is 5.41 Å². The Hall–Kier alpha value is -7.76. The van der Waals surface area contributed by atoms with E-state index in [1.165, 1.54) is 16.7 Å². The first kappa shape index (κ1) is 33.6. The van der Waals surface area contributed by atoms with Gasteiger partial charge in [-0.3, -0.25) is 4.57 Å². The number of hydrogen-bond donors (Lipinski definition) is 0. The van der Waals surface area contributed by atoms with Gasteiger partial charge in [0.15, 0.2) is 17.5 Å². The Bertz CT molecular complexity index is 3010. The zero-order chi connectivity index (χ0) is 38.5. The lowest BCUT2D eigenvalue weighted by molar-refractivity contribution is 0.718. The molecule has 0 aliphatic carbocycles. The molecule has 5 heteroatoms. The van der Waals surface area contributed by atoms with Crippen molar-refractivity contribution in [2.75, 3.05) is 0 Å². The van der Waals surface area contributed by atoms with Crippen LogP contribution in [0.1, 0.15) is 22.5 Å². The summed E-state index contributed by atoms with van der Waals surface area (Å²) in [6, 6.07) is 74.5. The highest BCUT2D eigenvalue weighted by molar-refractivity contribution is 5.90. The van der Waals surface area contributed by atoms with Crippen LogP contribution in [0.15, 0.2) is 212 Å². The quantitative estimate of drug-likeness (QED) is 0.163. The summed E-state index contributed by atoms with van der Waals surface area (Å²) in [5.41, 5.74) is 13.4. The molecular weight excluding hydrogens is 707 g/mol. The van der Waals surface area contributed by atoms with Crippen LogP contribution in [0, 0.1) is 0 Å². The van der Waals surface area contributed by atoms with Crippen molar-refractivity contribution < 1.29 is 0 Å². The number of para-hydroxylation sites is 3. The number of aromatic nitrogens is 5. The van der Waals surface area contributed by atoms with Crippen LogP contribution in [0.4, 0.5) is 0 Å². The minimum absolute atomic E-state index is 0.624. The molecule has 10 aromatic rings. The average Bonchev–Trinajstić information content (AvgIpc) is 3.83. The van der Waals surface area contributed by atoms with Gasteiger partial charge in [0.25, 0.3) is 0 Å². The van der Waals surface area contributed by atoms with Crippen LogP contribution in [0.5, 0.6) is 0 Å². The van der Waals surface area contributed by atoms with Crippen molar-refractivity contribution in [3.8, 4) is 62.1 Å². The highest BCUT2D eigenvalue weighted by Crippen LogP contribution is 2.55. The Balaban J connectivity index is 1.08. The van der Waals surface area contributed by atoms with E-state index in [-0.39, 0.29) is 0 Å². The van der Waals surface area contributed by atoms with Gasteiger partial charge in [0.1, 0.15) is 11.2 Å². The van der Waals surface area contributed by atoms with E-state index >= 15 is 0 Å². The molecule has 5 nitrogen and oxygen atoms in total. The third-order valence-corrected chi connectivity index (χ3v) is 11.3. The van der Waals surface area contributed by atoms with E-state index in [9.17, 15) is 0 Å². The van der Waals surface area contributed by atoms with Gasteiger partial charge >= 0.3 is 0 Å². The summed E-state index contributed by atoms with van der Waals surface area (Å²) in [6.45, 7) is 0. The average molecular weight is 742 g/mol. The highest BCUT2D eigenvalue weighted by atomic mass is 15.1. The standard InChI is InChI=1S/C53H35N5/c1-5-18-36(19-6-1)49-55-50(37-20-7-2-8-21-37)57-51(56-49)41-25-16-23-39(35-41)38-22-15-24-40(34-38)44-30-17-31-45-48(44)58-47-33-14-13-32-46(47)54-52(58)53(45,42-26-9-3-10-27-42)43-28-11-4-12-29-43/h1-35H. The summed E-state index contributed by atoms with van der Waals surface area (Å²) in [6.07, 6.45) is 0. The second kappa shape index (κ2) is 13.8. The SMILES string of the molecule is c1ccc(-c2nc(-c3ccccc3)nc(-c3cccc(-c4cccc(-c5cccc6c5-n5c(nc7ccccc75)C6(c5ccccc5)c5ccccc5)c4)c3)n2)cc1. The fourth-order valence-corrected chi connectivity index (χ4v) is 8.70. The number of hydrogen-bond acceptors (Lipinski definition) is 4. The molecule has 0 amide bonds. The van der Waals surface area contributed by atoms with Gasteiger partial charge in [-0.25, -0.2) is 19.9 Å². The van der Waals surface area contributed by atoms with Crippen molar-refractivity contribution in [1.29, 1.82) is 0 Å². The lowest BCUT2D eigenvalue weighted by atomic mass is 9.69. The van der Waals surface area contributed by atoms with Crippen LogP contribution in [-0.4, -0.2) is 24.5 Å². The van der Waals surface area contributed by atoms with Gasteiger partial charge in [-0.05, 0) is 57.6 Å². The molecule has 1 aliphatic heterocycles. The van der Waals surface area contributed by atoms with Gasteiger partial charge in [-0.2, -0.15) is 0 Å². The topological polar surface area (TPSA) is 56.5 Å². The van der Waals surface area contributed by atoms with Gasteiger partial charge in [0.2, 0.25) is 0 Å². The van der Waals surface area contributed by atoms with Crippen LogP contribution in [0.3, 0.4) is 0 Å². The number of nitrogens with zero attached hydrogens (tertiary/aromatic N) is 5. The summed E-state index contributed by atoms with van der Waals surface area (Å²) >= 11 is 0. The minimum atomic E-state index is -0.624. The molecule has 0 fully saturated rings. The Kier molecular flexibility index (Phi) is 7.97. The second-order valence-corrected chi connectivity index (χ2v) is 14.6. The summed E-state index contributed by atoms with van der Waals surface area (Å²) in [5.74, 6) is 2.91. The van der Waals surface area contributed by atoms with Gasteiger partial charge in [-0.15, -0.1) is 0 Å². The Morgan fingerprint density at radius 2 is 0.793 bits per heavy atom. The van der Waals surface area contributed by atoms with Crippen LogP contribution >= 0.6 is 0 Å². The van der Waals surface area contributed by atoms with Gasteiger partial charge in [0.05, 0.1) is 16.7 Å². The largest absolute Gasteiger partial charge is 0.294 e. The molecule has 1 aliphatic rings. The first-order chi connectivity index (χ1) is 28.8. The maximum Gasteiger partial charge on any atom is 0.164 e. The molecule has 0 bridgehead atoms. The van der Waals surface area contributed by atoms with E-state index in [1.807, 2.05) is 60.7 Å². The lowest BCUT2D eigenvalue weighted by Crippen LogP contribution is -2.29. The molecule has 0 atom stereocenters. The number of imidazole rings is 1. The monoisotopic (exact) mass is 741 g/mol. The van der Waals surface area contributed by atoms with E-state index in [2.05, 4.69) is 156 Å². The molecule has 272 valence electrons. The lowest BCUT2D eigenvalue weighted by Gasteiger charge is -2.31. The van der Waals surface area contributed by atoms with Crippen LogP contribution in [0.25, 0.3) is 73.1 Å². The third kappa shape index (κ3) is 5.40. The Morgan fingerprint density at radius 1 is 0.345 bits per heavy atom. The number of benzene rings is 8. The van der Waals surface area contributed by atoms with Crippen LogP contribution in [0.2, 0.25) is 0 Å². The van der Waals surface area contributed by atoms with Crippen molar-refractivity contribution in [3.05, 3.63) is 235 Å². The van der Waals surface area contributed by atoms with Crippen molar-refractivity contribution >= 4 is 11.0 Å². The highest BCUT2D eigenvalue weighted by Gasteiger charge is 2.49. The van der Waals surface area contributed by atoms with Gasteiger partial charge in [0, 0.05) is 22.3 Å². The Morgan fingerprint density at radius 3 is 1.40 bits per heavy atom. The predicted octanol–water partition coefficient (Wildman–Crippen LogP) is 12.2. The molecule has 3 heterocycles. The first-order valence-corrected chi connectivity index (χ1v) is 19.6. The predicted molar refractivity (Wildman–Crippen MR) is 234 cm³/mol. The normalized spacial score (nSPS) is 12.6. The minimum Gasteiger partial charge on any atom is -0.294 e. The maximum atomic E-state index is 5.45. The summed E-state index contributed by atoms with van der Waals surface area (Å²) in [4.78, 5) is 20.4. The Labute approximate surface area is 336 Å². The zero-order valence-electron chi connectivity index (χ0n) is 31.4. The van der Waals surface area contributed by atoms with Crippen molar-refractivity contribution in [3.63, 3.8) is 0 Å². The second-order valence-electron chi connectivity index (χ2n) is 14.6. The summed E-state index contributed by atoms with van der Waals surface area (Å²) < 4.78 is 2.41. The van der Waals surface area contributed by atoms with Gasteiger partial charge in [-0.1, -0.05) is 188 Å². The van der Waals surface area contributed by atoms with Crippen LogP contribution in [-0.2, 0) is 5.41 Å². The van der Waals surface area contributed by atoms with Crippen molar-refractivity contribution in [2.24, 2.45) is 0 Å². The fraction of sp³-hybridized carbons (Fsp3) is 0.0189. The van der Waals surface area contributed by atoms with E-state index in [0.29, 0.717) is 17.5 Å². The molecule has 2 aromatic heterocycles. The maximum absolute atomic E-state index is 5.45. The zero-order valence-corrected chi connectivity index (χ0v) is 31.4. The first-order valence-electron chi connectivity index (χ1n) is 19.6. The van der Waals surface area contributed by atoms with E-state index in [4.69, 9.17) is 19.9 Å². The fourth-order valence-electron chi connectivity index (χ4n) is 8.70. The molecule has 0 saturated carbocycles. The molecular formula is C53H35N5.